The molecule has 144 valence electrons. The number of halogens is 1. The van der Waals surface area contributed by atoms with Crippen molar-refractivity contribution in [3.63, 3.8) is 0 Å². The molecule has 2 N–H and O–H groups in total. The second-order valence-corrected chi connectivity index (χ2v) is 8.59. The number of rotatable bonds is 6. The zero-order valence-corrected chi connectivity index (χ0v) is 17.0. The standard InChI is InChI=1S/C20H30FN3OS/c1-5-22-19(24-17-16-8-9-25-18(16)20(17,2)3)23-11-13-6-7-15(21)10-14(13)12-26-4/h6-7,10,16-18H,5,8-9,11-12H2,1-4H3,(H2,22,23,24). The van der Waals surface area contributed by atoms with Crippen LogP contribution in [0.4, 0.5) is 4.39 Å². The number of thioether (sulfide) groups is 1. The van der Waals surface area contributed by atoms with Gasteiger partial charge in [-0.1, -0.05) is 19.9 Å². The number of ether oxygens (including phenoxy) is 1. The third kappa shape index (κ3) is 3.86. The minimum absolute atomic E-state index is 0.108. The summed E-state index contributed by atoms with van der Waals surface area (Å²) in [6, 6.07) is 5.36. The molecule has 3 atom stereocenters. The molecule has 3 unspecified atom stereocenters. The Morgan fingerprint density at radius 3 is 2.92 bits per heavy atom. The Balaban J connectivity index is 1.72. The monoisotopic (exact) mass is 379 g/mol. The first-order chi connectivity index (χ1) is 12.5. The van der Waals surface area contributed by atoms with Crippen LogP contribution in [0.15, 0.2) is 23.2 Å². The molecule has 1 aliphatic heterocycles. The van der Waals surface area contributed by atoms with E-state index in [1.54, 1.807) is 17.8 Å². The average Bonchev–Trinajstić information content (AvgIpc) is 3.06. The van der Waals surface area contributed by atoms with Gasteiger partial charge in [0.05, 0.1) is 12.6 Å². The summed E-state index contributed by atoms with van der Waals surface area (Å²) in [5.74, 6) is 2.00. The van der Waals surface area contributed by atoms with Crippen molar-refractivity contribution in [2.45, 2.75) is 51.6 Å². The maximum Gasteiger partial charge on any atom is 0.191 e. The first-order valence-corrected chi connectivity index (χ1v) is 10.8. The molecule has 1 heterocycles. The molecule has 3 rings (SSSR count). The largest absolute Gasteiger partial charge is 0.377 e. The fraction of sp³-hybridized carbons (Fsp3) is 0.650. The SMILES string of the molecule is CCNC(=NCc1ccc(F)cc1CSC)NC1C2CCOC2C1(C)C. The Labute approximate surface area is 160 Å². The highest BCUT2D eigenvalue weighted by atomic mass is 32.2. The number of fused-ring (bicyclic) bond motifs is 1. The molecule has 2 aliphatic rings. The minimum Gasteiger partial charge on any atom is -0.377 e. The Hall–Kier alpha value is -1.27. The highest BCUT2D eigenvalue weighted by molar-refractivity contribution is 7.97. The van der Waals surface area contributed by atoms with Gasteiger partial charge in [0, 0.05) is 36.3 Å². The number of nitrogens with zero attached hydrogens (tertiary/aromatic N) is 1. The summed E-state index contributed by atoms with van der Waals surface area (Å²) in [5, 5.41) is 6.98. The predicted octanol–water partition coefficient (Wildman–Crippen LogP) is 3.56. The van der Waals surface area contributed by atoms with Gasteiger partial charge in [0.2, 0.25) is 0 Å². The fourth-order valence-electron chi connectivity index (χ4n) is 4.29. The summed E-state index contributed by atoms with van der Waals surface area (Å²) < 4.78 is 19.4. The van der Waals surface area contributed by atoms with Crippen LogP contribution in [0.1, 0.15) is 38.3 Å². The molecular formula is C20H30FN3OS. The second kappa shape index (κ2) is 8.17. The van der Waals surface area contributed by atoms with Crippen LogP contribution in [0.3, 0.4) is 0 Å². The van der Waals surface area contributed by atoms with E-state index >= 15 is 0 Å². The molecule has 0 aromatic heterocycles. The third-order valence-electron chi connectivity index (χ3n) is 5.61. The number of nitrogens with one attached hydrogen (secondary N) is 2. The van der Waals surface area contributed by atoms with Gasteiger partial charge in [0.1, 0.15) is 5.82 Å². The summed E-state index contributed by atoms with van der Waals surface area (Å²) in [6.07, 6.45) is 3.50. The van der Waals surface area contributed by atoms with Crippen molar-refractivity contribution in [3.05, 3.63) is 35.1 Å². The molecule has 1 saturated heterocycles. The van der Waals surface area contributed by atoms with Gasteiger partial charge in [-0.25, -0.2) is 9.38 Å². The molecule has 4 nitrogen and oxygen atoms in total. The van der Waals surface area contributed by atoms with Gasteiger partial charge in [0.25, 0.3) is 0 Å². The molecule has 0 radical (unpaired) electrons. The summed E-state index contributed by atoms with van der Waals surface area (Å²) in [6.45, 7) is 8.81. The normalized spacial score (nSPS) is 27.0. The molecular weight excluding hydrogens is 349 g/mol. The average molecular weight is 380 g/mol. The van der Waals surface area contributed by atoms with Crippen molar-refractivity contribution in [1.82, 2.24) is 10.6 Å². The molecule has 1 aromatic carbocycles. The van der Waals surface area contributed by atoms with Gasteiger partial charge in [0.15, 0.2) is 5.96 Å². The van der Waals surface area contributed by atoms with Crippen molar-refractivity contribution in [1.29, 1.82) is 0 Å². The first-order valence-electron chi connectivity index (χ1n) is 9.40. The maximum absolute atomic E-state index is 13.5. The van der Waals surface area contributed by atoms with Crippen LogP contribution in [-0.4, -0.2) is 37.5 Å². The van der Waals surface area contributed by atoms with E-state index in [2.05, 4.69) is 31.4 Å². The molecule has 26 heavy (non-hydrogen) atoms. The molecule has 0 spiro atoms. The van der Waals surface area contributed by atoms with Crippen molar-refractivity contribution >= 4 is 17.7 Å². The van der Waals surface area contributed by atoms with E-state index in [4.69, 9.17) is 9.73 Å². The molecule has 0 amide bonds. The lowest BCUT2D eigenvalue weighted by atomic mass is 9.57. The molecule has 1 saturated carbocycles. The van der Waals surface area contributed by atoms with Crippen LogP contribution < -0.4 is 10.6 Å². The van der Waals surface area contributed by atoms with Crippen LogP contribution in [0, 0.1) is 17.2 Å². The van der Waals surface area contributed by atoms with Crippen LogP contribution in [-0.2, 0) is 17.0 Å². The third-order valence-corrected chi connectivity index (χ3v) is 6.21. The number of aliphatic imine (C=N–C) groups is 1. The smallest absolute Gasteiger partial charge is 0.191 e. The summed E-state index contributed by atoms with van der Waals surface area (Å²) >= 11 is 1.70. The molecule has 2 fully saturated rings. The van der Waals surface area contributed by atoms with E-state index < -0.39 is 0 Å². The van der Waals surface area contributed by atoms with Gasteiger partial charge < -0.3 is 15.4 Å². The summed E-state index contributed by atoms with van der Waals surface area (Å²) in [4.78, 5) is 4.78. The molecule has 6 heteroatoms. The quantitative estimate of drug-likeness (QED) is 0.586. The zero-order chi connectivity index (χ0) is 18.7. The highest BCUT2D eigenvalue weighted by Crippen LogP contribution is 2.52. The van der Waals surface area contributed by atoms with E-state index in [1.165, 1.54) is 6.07 Å². The topological polar surface area (TPSA) is 45.7 Å². The highest BCUT2D eigenvalue weighted by Gasteiger charge is 2.59. The van der Waals surface area contributed by atoms with E-state index in [9.17, 15) is 4.39 Å². The van der Waals surface area contributed by atoms with Crippen LogP contribution in [0.5, 0.6) is 0 Å². The van der Waals surface area contributed by atoms with Gasteiger partial charge in [-0.2, -0.15) is 11.8 Å². The first kappa shape index (κ1) is 19.5. The van der Waals surface area contributed by atoms with Crippen LogP contribution in [0.2, 0.25) is 0 Å². The molecule has 1 aromatic rings. The number of benzene rings is 1. The summed E-state index contributed by atoms with van der Waals surface area (Å²) in [5.41, 5.74) is 2.20. The fourth-order valence-corrected chi connectivity index (χ4v) is 4.87. The van der Waals surface area contributed by atoms with E-state index in [-0.39, 0.29) is 11.2 Å². The maximum atomic E-state index is 13.5. The van der Waals surface area contributed by atoms with Crippen molar-refractivity contribution in [3.8, 4) is 0 Å². The van der Waals surface area contributed by atoms with Gasteiger partial charge in [-0.05, 0) is 42.9 Å². The Kier molecular flexibility index (Phi) is 6.13. The van der Waals surface area contributed by atoms with Crippen molar-refractivity contribution in [2.75, 3.05) is 19.4 Å². The van der Waals surface area contributed by atoms with Crippen LogP contribution >= 0.6 is 11.8 Å². The Morgan fingerprint density at radius 2 is 2.19 bits per heavy atom. The zero-order valence-electron chi connectivity index (χ0n) is 16.1. The van der Waals surface area contributed by atoms with Gasteiger partial charge in [-0.3, -0.25) is 0 Å². The Bertz CT molecular complexity index is 664. The van der Waals surface area contributed by atoms with E-state index in [0.29, 0.717) is 24.6 Å². The van der Waals surface area contributed by atoms with E-state index in [1.807, 2.05) is 12.3 Å². The van der Waals surface area contributed by atoms with Crippen LogP contribution in [0.25, 0.3) is 0 Å². The van der Waals surface area contributed by atoms with Gasteiger partial charge in [-0.15, -0.1) is 0 Å². The van der Waals surface area contributed by atoms with Gasteiger partial charge >= 0.3 is 0 Å². The minimum atomic E-state index is -0.185. The lowest BCUT2D eigenvalue weighted by molar-refractivity contribution is -0.106. The van der Waals surface area contributed by atoms with Crippen molar-refractivity contribution in [2.24, 2.45) is 16.3 Å². The van der Waals surface area contributed by atoms with E-state index in [0.717, 1.165) is 42.4 Å². The summed E-state index contributed by atoms with van der Waals surface area (Å²) in [7, 11) is 0. The number of hydrogen-bond donors (Lipinski definition) is 2. The lowest BCUT2D eigenvalue weighted by Crippen LogP contribution is -2.67. The second-order valence-electron chi connectivity index (χ2n) is 7.73. The Morgan fingerprint density at radius 1 is 1.38 bits per heavy atom. The number of hydrogen-bond acceptors (Lipinski definition) is 3. The lowest BCUT2D eigenvalue weighted by Gasteiger charge is -2.54. The molecule has 0 bridgehead atoms. The predicted molar refractivity (Wildman–Crippen MR) is 107 cm³/mol. The molecule has 1 aliphatic carbocycles. The van der Waals surface area contributed by atoms with Crippen molar-refractivity contribution < 1.29 is 9.13 Å². The number of guanidine groups is 1.